The number of ketones is 1. The zero-order valence-electron chi connectivity index (χ0n) is 16.5. The molecule has 2 N–H and O–H groups in total. The first-order chi connectivity index (χ1) is 13.2. The van der Waals surface area contributed by atoms with Crippen LogP contribution in [0.3, 0.4) is 0 Å². The van der Waals surface area contributed by atoms with Crippen molar-refractivity contribution in [1.82, 2.24) is 15.5 Å². The molecule has 1 saturated heterocycles. The molecule has 28 heavy (non-hydrogen) atoms. The van der Waals surface area contributed by atoms with E-state index in [2.05, 4.69) is 24.5 Å². The molecule has 7 heteroatoms. The van der Waals surface area contributed by atoms with Crippen molar-refractivity contribution in [3.05, 3.63) is 41.1 Å². The number of carbonyl (C=O) groups is 3. The maximum atomic E-state index is 13.1. The van der Waals surface area contributed by atoms with Gasteiger partial charge in [0.1, 0.15) is 11.9 Å². The SMILES string of the molecule is COc1ccc(C2C3=C(CC(C)(C)CC3=O)NC3C2C(=O)NC(=O)N3C)cc1. The molecule has 3 unspecified atom stereocenters. The molecule has 1 aromatic carbocycles. The van der Waals surface area contributed by atoms with Crippen LogP contribution >= 0.6 is 0 Å². The number of nitrogens with zero attached hydrogens (tertiary/aromatic N) is 1. The van der Waals surface area contributed by atoms with Crippen molar-refractivity contribution < 1.29 is 19.1 Å². The maximum Gasteiger partial charge on any atom is 0.325 e. The molecule has 1 fully saturated rings. The lowest BCUT2D eigenvalue weighted by Crippen LogP contribution is -2.67. The summed E-state index contributed by atoms with van der Waals surface area (Å²) in [6.07, 6.45) is 0.649. The smallest absolute Gasteiger partial charge is 0.325 e. The van der Waals surface area contributed by atoms with Crippen molar-refractivity contribution in [2.75, 3.05) is 14.2 Å². The number of fused-ring (bicyclic) bond motifs is 1. The number of urea groups is 1. The Bertz CT molecular complexity index is 887. The van der Waals surface area contributed by atoms with E-state index in [1.54, 1.807) is 14.2 Å². The third-order valence-electron chi connectivity index (χ3n) is 6.00. The van der Waals surface area contributed by atoms with E-state index in [1.165, 1.54) is 4.90 Å². The summed E-state index contributed by atoms with van der Waals surface area (Å²) in [5.74, 6) is -0.581. The molecule has 0 aromatic heterocycles. The summed E-state index contributed by atoms with van der Waals surface area (Å²) in [4.78, 5) is 39.7. The highest BCUT2D eigenvalue weighted by atomic mass is 16.5. The summed E-state index contributed by atoms with van der Waals surface area (Å²) in [6.45, 7) is 4.13. The van der Waals surface area contributed by atoms with Gasteiger partial charge < -0.3 is 15.0 Å². The Hall–Kier alpha value is -2.83. The van der Waals surface area contributed by atoms with Gasteiger partial charge in [0.15, 0.2) is 5.78 Å². The predicted octanol–water partition coefficient (Wildman–Crippen LogP) is 2.15. The fourth-order valence-corrected chi connectivity index (χ4v) is 4.68. The molecule has 7 nitrogen and oxygen atoms in total. The zero-order valence-corrected chi connectivity index (χ0v) is 16.5. The molecule has 3 atom stereocenters. The lowest BCUT2D eigenvalue weighted by molar-refractivity contribution is -0.130. The van der Waals surface area contributed by atoms with E-state index in [1.807, 2.05) is 24.3 Å². The highest BCUT2D eigenvalue weighted by Crippen LogP contribution is 2.48. The van der Waals surface area contributed by atoms with E-state index in [-0.39, 0.29) is 17.1 Å². The largest absolute Gasteiger partial charge is 0.497 e. The standard InChI is InChI=1S/C21H25N3O4/c1-21(2)9-13-16(14(25)10-21)15(11-5-7-12(28-4)8-6-11)17-18(22-13)24(3)20(27)23-19(17)26/h5-8,15,17-18,22H,9-10H2,1-4H3,(H,23,26,27). The molecule has 0 bridgehead atoms. The minimum atomic E-state index is -0.583. The van der Waals surface area contributed by atoms with Crippen molar-refractivity contribution in [3.8, 4) is 5.75 Å². The summed E-state index contributed by atoms with van der Waals surface area (Å²) >= 11 is 0. The van der Waals surface area contributed by atoms with Gasteiger partial charge >= 0.3 is 6.03 Å². The first-order valence-corrected chi connectivity index (χ1v) is 9.46. The summed E-state index contributed by atoms with van der Waals surface area (Å²) in [6, 6.07) is 7.02. The molecule has 3 aliphatic rings. The first-order valence-electron chi connectivity index (χ1n) is 9.46. The van der Waals surface area contributed by atoms with Crippen LogP contribution in [0.5, 0.6) is 5.75 Å². The fraction of sp³-hybridized carbons (Fsp3) is 0.476. The van der Waals surface area contributed by atoms with Crippen molar-refractivity contribution in [2.45, 2.75) is 38.8 Å². The van der Waals surface area contributed by atoms with Crippen LogP contribution in [0, 0.1) is 11.3 Å². The van der Waals surface area contributed by atoms with E-state index in [0.29, 0.717) is 24.2 Å². The van der Waals surface area contributed by atoms with Crippen LogP contribution in [0.25, 0.3) is 0 Å². The van der Waals surface area contributed by atoms with Gasteiger partial charge in [0.05, 0.1) is 13.0 Å². The number of hydrogen-bond donors (Lipinski definition) is 2. The Labute approximate surface area is 164 Å². The molecule has 3 amide bonds. The van der Waals surface area contributed by atoms with Crippen LogP contribution in [0.4, 0.5) is 4.79 Å². The summed E-state index contributed by atoms with van der Waals surface area (Å²) < 4.78 is 5.25. The third-order valence-corrected chi connectivity index (χ3v) is 6.00. The zero-order chi connectivity index (χ0) is 20.2. The molecule has 1 aromatic rings. The van der Waals surface area contributed by atoms with Crippen molar-refractivity contribution in [3.63, 3.8) is 0 Å². The van der Waals surface area contributed by atoms with Crippen LogP contribution in [0.1, 0.15) is 38.2 Å². The second kappa shape index (κ2) is 6.36. The number of allylic oxidation sites excluding steroid dienone is 2. The molecular weight excluding hydrogens is 358 g/mol. The first kappa shape index (κ1) is 18.5. The highest BCUT2D eigenvalue weighted by Gasteiger charge is 2.52. The minimum absolute atomic E-state index is 0.0605. The lowest BCUT2D eigenvalue weighted by Gasteiger charge is -2.49. The number of carbonyl (C=O) groups excluding carboxylic acids is 3. The van der Waals surface area contributed by atoms with Crippen LogP contribution in [0.2, 0.25) is 0 Å². The number of nitrogens with one attached hydrogen (secondary N) is 2. The normalized spacial score (nSPS) is 28.9. The van der Waals surface area contributed by atoms with Crippen LogP contribution in [-0.4, -0.2) is 42.9 Å². The van der Waals surface area contributed by atoms with Gasteiger partial charge in [-0.15, -0.1) is 0 Å². The van der Waals surface area contributed by atoms with Gasteiger partial charge in [-0.1, -0.05) is 26.0 Å². The maximum absolute atomic E-state index is 13.1. The van der Waals surface area contributed by atoms with Gasteiger partial charge in [-0.2, -0.15) is 0 Å². The topological polar surface area (TPSA) is 87.7 Å². The molecule has 4 rings (SSSR count). The number of benzene rings is 1. The van der Waals surface area contributed by atoms with Crippen molar-refractivity contribution in [1.29, 1.82) is 0 Å². The van der Waals surface area contributed by atoms with Crippen LogP contribution in [-0.2, 0) is 9.59 Å². The highest BCUT2D eigenvalue weighted by molar-refractivity contribution is 6.04. The minimum Gasteiger partial charge on any atom is -0.497 e. The number of rotatable bonds is 2. The average Bonchev–Trinajstić information content (AvgIpc) is 2.63. The fourth-order valence-electron chi connectivity index (χ4n) is 4.68. The average molecular weight is 383 g/mol. The Morgan fingerprint density at radius 2 is 1.79 bits per heavy atom. The van der Waals surface area contributed by atoms with Gasteiger partial charge in [0.25, 0.3) is 0 Å². The quantitative estimate of drug-likeness (QED) is 0.817. The number of methoxy groups -OCH3 is 1. The Morgan fingerprint density at radius 1 is 1.11 bits per heavy atom. The van der Waals surface area contributed by atoms with Crippen LogP contribution in [0.15, 0.2) is 35.5 Å². The number of imide groups is 1. The predicted molar refractivity (Wildman–Crippen MR) is 102 cm³/mol. The van der Waals surface area contributed by atoms with E-state index < -0.39 is 24.0 Å². The lowest BCUT2D eigenvalue weighted by atomic mass is 9.66. The Kier molecular flexibility index (Phi) is 4.21. The Balaban J connectivity index is 1.88. The van der Waals surface area contributed by atoms with E-state index >= 15 is 0 Å². The summed E-state index contributed by atoms with van der Waals surface area (Å²) in [5.41, 5.74) is 2.22. The van der Waals surface area contributed by atoms with Crippen molar-refractivity contribution >= 4 is 17.7 Å². The second-order valence-corrected chi connectivity index (χ2v) is 8.60. The van der Waals surface area contributed by atoms with E-state index in [9.17, 15) is 14.4 Å². The van der Waals surface area contributed by atoms with E-state index in [4.69, 9.17) is 4.74 Å². The molecule has 2 aliphatic heterocycles. The number of amides is 3. The van der Waals surface area contributed by atoms with Gasteiger partial charge in [-0.05, 0) is 29.5 Å². The molecule has 0 radical (unpaired) electrons. The molecular formula is C21H25N3O4. The van der Waals surface area contributed by atoms with Gasteiger partial charge in [0, 0.05) is 30.7 Å². The molecule has 148 valence electrons. The van der Waals surface area contributed by atoms with Gasteiger partial charge in [-0.3, -0.25) is 14.9 Å². The molecule has 0 saturated carbocycles. The van der Waals surface area contributed by atoms with Crippen molar-refractivity contribution in [2.24, 2.45) is 11.3 Å². The van der Waals surface area contributed by atoms with Crippen LogP contribution < -0.4 is 15.4 Å². The number of hydrogen-bond acceptors (Lipinski definition) is 5. The molecule has 0 spiro atoms. The monoisotopic (exact) mass is 383 g/mol. The van der Waals surface area contributed by atoms with E-state index in [0.717, 1.165) is 11.3 Å². The van der Waals surface area contributed by atoms with Gasteiger partial charge in [0.2, 0.25) is 5.91 Å². The summed E-state index contributed by atoms with van der Waals surface area (Å²) in [7, 11) is 3.26. The van der Waals surface area contributed by atoms with Gasteiger partial charge in [-0.25, -0.2) is 4.79 Å². The number of ether oxygens (including phenoxy) is 1. The summed E-state index contributed by atoms with van der Waals surface area (Å²) in [5, 5.41) is 5.78. The Morgan fingerprint density at radius 3 is 2.43 bits per heavy atom. The second-order valence-electron chi connectivity index (χ2n) is 8.60. The molecule has 1 aliphatic carbocycles. The third kappa shape index (κ3) is 2.85. The molecule has 2 heterocycles. The number of Topliss-reactive ketones (excluding diaryl/α,β-unsaturated/α-hetero) is 1.